The Bertz CT molecular complexity index is 559. The number of anilines is 1. The summed E-state index contributed by atoms with van der Waals surface area (Å²) in [5.74, 6) is 0. The number of benzene rings is 2. The second kappa shape index (κ2) is 6.77. The topological polar surface area (TPSA) is 32.3 Å². The van der Waals surface area contributed by atoms with Gasteiger partial charge in [-0.1, -0.05) is 55.3 Å². The normalized spacial score (nSPS) is 13.7. The molecule has 0 fully saturated rings. The zero-order valence-corrected chi connectivity index (χ0v) is 13.2. The quantitative estimate of drug-likeness (QED) is 0.830. The number of aliphatic hydroxyl groups excluding tert-OH is 1. The van der Waals surface area contributed by atoms with Crippen LogP contribution >= 0.6 is 0 Å². The standard InChI is InChI=1S/C19H25NO/c1-4-5-16-8-10-17(11-9-16)19(3,14-21)20-18-12-6-15(2)7-13-18/h6-13,20-21H,4-5,14H2,1-3H3. The van der Waals surface area contributed by atoms with Gasteiger partial charge in [-0.15, -0.1) is 0 Å². The molecule has 2 aromatic rings. The van der Waals surface area contributed by atoms with Gasteiger partial charge in [0, 0.05) is 5.69 Å². The molecular formula is C19H25NO. The first-order valence-corrected chi connectivity index (χ1v) is 7.62. The molecule has 21 heavy (non-hydrogen) atoms. The molecular weight excluding hydrogens is 258 g/mol. The maximum atomic E-state index is 9.86. The lowest BCUT2D eigenvalue weighted by molar-refractivity contribution is 0.224. The minimum atomic E-state index is -0.472. The highest BCUT2D eigenvalue weighted by Gasteiger charge is 2.25. The summed E-state index contributed by atoms with van der Waals surface area (Å²) in [6.07, 6.45) is 2.25. The molecule has 2 aromatic carbocycles. The van der Waals surface area contributed by atoms with Crippen LogP contribution in [0.4, 0.5) is 5.69 Å². The predicted molar refractivity (Wildman–Crippen MR) is 89.7 cm³/mol. The molecule has 2 heteroatoms. The van der Waals surface area contributed by atoms with Gasteiger partial charge in [-0.25, -0.2) is 0 Å². The third kappa shape index (κ3) is 3.85. The van der Waals surface area contributed by atoms with E-state index in [0.29, 0.717) is 0 Å². The van der Waals surface area contributed by atoms with E-state index >= 15 is 0 Å². The van der Waals surface area contributed by atoms with Crippen LogP contribution in [0.3, 0.4) is 0 Å². The fourth-order valence-corrected chi connectivity index (χ4v) is 2.49. The van der Waals surface area contributed by atoms with Gasteiger partial charge in [-0.2, -0.15) is 0 Å². The Morgan fingerprint density at radius 3 is 2.14 bits per heavy atom. The van der Waals surface area contributed by atoms with Gasteiger partial charge in [0.25, 0.3) is 0 Å². The van der Waals surface area contributed by atoms with Gasteiger partial charge in [-0.05, 0) is 43.5 Å². The van der Waals surface area contributed by atoms with Gasteiger partial charge in [0.05, 0.1) is 12.1 Å². The number of aliphatic hydroxyl groups is 1. The van der Waals surface area contributed by atoms with Gasteiger partial charge >= 0.3 is 0 Å². The molecule has 0 radical (unpaired) electrons. The lowest BCUT2D eigenvalue weighted by Crippen LogP contribution is -2.35. The van der Waals surface area contributed by atoms with Crippen LogP contribution in [0, 0.1) is 6.92 Å². The summed E-state index contributed by atoms with van der Waals surface area (Å²) in [5.41, 5.74) is 4.23. The second-order valence-electron chi connectivity index (χ2n) is 5.93. The molecule has 0 heterocycles. The van der Waals surface area contributed by atoms with Crippen molar-refractivity contribution in [3.8, 4) is 0 Å². The van der Waals surface area contributed by atoms with Gasteiger partial charge in [-0.3, -0.25) is 0 Å². The van der Waals surface area contributed by atoms with E-state index in [1.54, 1.807) is 0 Å². The molecule has 0 amide bonds. The smallest absolute Gasteiger partial charge is 0.0828 e. The van der Waals surface area contributed by atoms with E-state index in [-0.39, 0.29) is 6.61 Å². The number of hydrogen-bond donors (Lipinski definition) is 2. The highest BCUT2D eigenvalue weighted by atomic mass is 16.3. The minimum absolute atomic E-state index is 0.0496. The van der Waals surface area contributed by atoms with E-state index in [0.717, 1.165) is 24.1 Å². The second-order valence-corrected chi connectivity index (χ2v) is 5.93. The molecule has 112 valence electrons. The molecule has 1 atom stereocenters. The Balaban J connectivity index is 2.21. The molecule has 0 saturated heterocycles. The van der Waals surface area contributed by atoms with Crippen LogP contribution in [0.1, 0.15) is 37.0 Å². The van der Waals surface area contributed by atoms with E-state index < -0.39 is 5.54 Å². The third-order valence-corrected chi connectivity index (χ3v) is 3.92. The summed E-state index contributed by atoms with van der Waals surface area (Å²) in [7, 11) is 0. The highest BCUT2D eigenvalue weighted by molar-refractivity contribution is 5.49. The summed E-state index contributed by atoms with van der Waals surface area (Å²) in [6, 6.07) is 16.8. The average Bonchev–Trinajstić information content (AvgIpc) is 2.50. The first-order chi connectivity index (χ1) is 10.1. The van der Waals surface area contributed by atoms with Crippen molar-refractivity contribution >= 4 is 5.69 Å². The lowest BCUT2D eigenvalue weighted by atomic mass is 9.91. The highest BCUT2D eigenvalue weighted by Crippen LogP contribution is 2.26. The van der Waals surface area contributed by atoms with Crippen LogP contribution in [-0.4, -0.2) is 11.7 Å². The van der Waals surface area contributed by atoms with Crippen molar-refractivity contribution in [1.29, 1.82) is 0 Å². The molecule has 0 saturated carbocycles. The summed E-state index contributed by atoms with van der Waals surface area (Å²) in [5, 5.41) is 13.3. The van der Waals surface area contributed by atoms with Crippen molar-refractivity contribution in [3.05, 3.63) is 65.2 Å². The molecule has 1 unspecified atom stereocenters. The van der Waals surface area contributed by atoms with Crippen molar-refractivity contribution in [1.82, 2.24) is 0 Å². The van der Waals surface area contributed by atoms with E-state index in [9.17, 15) is 5.11 Å². The molecule has 0 spiro atoms. The number of aryl methyl sites for hydroxylation is 2. The Morgan fingerprint density at radius 2 is 1.62 bits per heavy atom. The third-order valence-electron chi connectivity index (χ3n) is 3.92. The van der Waals surface area contributed by atoms with Gasteiger partial charge in [0.2, 0.25) is 0 Å². The fraction of sp³-hybridized carbons (Fsp3) is 0.368. The monoisotopic (exact) mass is 283 g/mol. The SMILES string of the molecule is CCCc1ccc(C(C)(CO)Nc2ccc(C)cc2)cc1. The largest absolute Gasteiger partial charge is 0.394 e. The molecule has 2 rings (SSSR count). The summed E-state index contributed by atoms with van der Waals surface area (Å²) < 4.78 is 0. The Labute approximate surface area is 127 Å². The van der Waals surface area contributed by atoms with Crippen LogP contribution in [0.15, 0.2) is 48.5 Å². The van der Waals surface area contributed by atoms with Crippen molar-refractivity contribution in [2.75, 3.05) is 11.9 Å². The molecule has 0 aliphatic rings. The predicted octanol–water partition coefficient (Wildman–Crippen LogP) is 4.27. The van der Waals surface area contributed by atoms with E-state index in [1.807, 2.05) is 6.92 Å². The van der Waals surface area contributed by atoms with E-state index in [2.05, 4.69) is 67.7 Å². The van der Waals surface area contributed by atoms with Crippen molar-refractivity contribution < 1.29 is 5.11 Å². The molecule has 2 N–H and O–H groups in total. The maximum absolute atomic E-state index is 9.86. The van der Waals surface area contributed by atoms with Crippen molar-refractivity contribution in [2.24, 2.45) is 0 Å². The van der Waals surface area contributed by atoms with Crippen LogP contribution in [0.2, 0.25) is 0 Å². The molecule has 2 nitrogen and oxygen atoms in total. The summed E-state index contributed by atoms with van der Waals surface area (Å²) >= 11 is 0. The van der Waals surface area contributed by atoms with Crippen LogP contribution in [0.25, 0.3) is 0 Å². The van der Waals surface area contributed by atoms with Gasteiger partial charge in [0.15, 0.2) is 0 Å². The molecule has 0 bridgehead atoms. The summed E-state index contributed by atoms with van der Waals surface area (Å²) in [6.45, 7) is 6.34. The molecule has 0 aliphatic carbocycles. The molecule has 0 aliphatic heterocycles. The first-order valence-electron chi connectivity index (χ1n) is 7.62. The number of rotatable bonds is 6. The van der Waals surface area contributed by atoms with Gasteiger partial charge < -0.3 is 10.4 Å². The Kier molecular flexibility index (Phi) is 5.03. The van der Waals surface area contributed by atoms with Crippen LogP contribution in [0.5, 0.6) is 0 Å². The average molecular weight is 283 g/mol. The lowest BCUT2D eigenvalue weighted by Gasteiger charge is -2.31. The zero-order valence-electron chi connectivity index (χ0n) is 13.2. The van der Waals surface area contributed by atoms with Crippen molar-refractivity contribution in [3.63, 3.8) is 0 Å². The van der Waals surface area contributed by atoms with Crippen LogP contribution in [-0.2, 0) is 12.0 Å². The van der Waals surface area contributed by atoms with Gasteiger partial charge in [0.1, 0.15) is 0 Å². The van der Waals surface area contributed by atoms with Crippen LogP contribution < -0.4 is 5.32 Å². The zero-order chi connectivity index (χ0) is 15.3. The summed E-state index contributed by atoms with van der Waals surface area (Å²) in [4.78, 5) is 0. The minimum Gasteiger partial charge on any atom is -0.394 e. The van der Waals surface area contributed by atoms with E-state index in [4.69, 9.17) is 0 Å². The Morgan fingerprint density at radius 1 is 1.00 bits per heavy atom. The molecule has 0 aromatic heterocycles. The Hall–Kier alpha value is -1.80. The van der Waals surface area contributed by atoms with Crippen molar-refractivity contribution in [2.45, 2.75) is 39.2 Å². The number of hydrogen-bond acceptors (Lipinski definition) is 2. The number of nitrogens with one attached hydrogen (secondary N) is 1. The fourth-order valence-electron chi connectivity index (χ4n) is 2.49. The van der Waals surface area contributed by atoms with E-state index in [1.165, 1.54) is 11.1 Å². The first kappa shape index (κ1) is 15.6. The maximum Gasteiger partial charge on any atom is 0.0828 e.